The van der Waals surface area contributed by atoms with Gasteiger partial charge in [-0.25, -0.2) is 13.1 Å². The maximum atomic E-state index is 13.0. The summed E-state index contributed by atoms with van der Waals surface area (Å²) in [6, 6.07) is 5.97. The molecule has 32 heavy (non-hydrogen) atoms. The van der Waals surface area contributed by atoms with E-state index in [1.54, 1.807) is 0 Å². The quantitative estimate of drug-likeness (QED) is 0.319. The minimum atomic E-state index is -4.67. The number of likely N-dealkylation sites (N-methyl/N-ethyl adjacent to an activating group) is 1. The van der Waals surface area contributed by atoms with Gasteiger partial charge >= 0.3 is 10.4 Å². The normalized spacial score (nSPS) is 21.7. The van der Waals surface area contributed by atoms with Crippen LogP contribution in [-0.2, 0) is 20.4 Å². The SMILES string of the molecule is CCN(CCNS(=O)(=O)C1CC(C)CCC1C(C)C)c1ccc(N)c(C)c1.O=S(=O)(O)O. The van der Waals surface area contributed by atoms with Crippen LogP contribution < -0.4 is 15.4 Å². The van der Waals surface area contributed by atoms with Crippen LogP contribution in [-0.4, -0.2) is 50.8 Å². The molecule has 3 atom stereocenters. The molecular weight excluding hydrogens is 454 g/mol. The Morgan fingerprint density at radius 2 is 1.78 bits per heavy atom. The minimum Gasteiger partial charge on any atom is -0.399 e. The number of hydrogen-bond donors (Lipinski definition) is 4. The molecule has 186 valence electrons. The van der Waals surface area contributed by atoms with Crippen molar-refractivity contribution in [2.45, 2.75) is 59.1 Å². The van der Waals surface area contributed by atoms with Crippen LogP contribution in [0.1, 0.15) is 52.5 Å². The summed E-state index contributed by atoms with van der Waals surface area (Å²) in [6.07, 6.45) is 2.91. The Morgan fingerprint density at radius 1 is 1.19 bits per heavy atom. The van der Waals surface area contributed by atoms with Crippen molar-refractivity contribution < 1.29 is 25.9 Å². The van der Waals surface area contributed by atoms with Crippen molar-refractivity contribution in [3.8, 4) is 0 Å². The van der Waals surface area contributed by atoms with E-state index in [-0.39, 0.29) is 11.2 Å². The summed E-state index contributed by atoms with van der Waals surface area (Å²) in [6.45, 7) is 12.4. The number of nitrogens with one attached hydrogen (secondary N) is 1. The van der Waals surface area contributed by atoms with Crippen molar-refractivity contribution in [2.24, 2.45) is 17.8 Å². The van der Waals surface area contributed by atoms with Gasteiger partial charge in [-0.1, -0.05) is 27.2 Å². The summed E-state index contributed by atoms with van der Waals surface area (Å²) in [7, 11) is -7.97. The fraction of sp³-hybridized carbons (Fsp3) is 0.714. The molecule has 0 aromatic heterocycles. The molecule has 0 spiro atoms. The second-order valence-electron chi connectivity index (χ2n) is 8.87. The van der Waals surface area contributed by atoms with Gasteiger partial charge in [0.15, 0.2) is 0 Å². The average Bonchev–Trinajstić information content (AvgIpc) is 2.66. The zero-order valence-corrected chi connectivity index (χ0v) is 21.3. The Hall–Kier alpha value is -1.40. The Balaban J connectivity index is 0.000000920. The number of anilines is 2. The molecule has 0 aliphatic heterocycles. The third kappa shape index (κ3) is 9.62. The monoisotopic (exact) mass is 493 g/mol. The molecular formula is C21H39N3O6S2. The summed E-state index contributed by atoms with van der Waals surface area (Å²) in [4.78, 5) is 2.18. The van der Waals surface area contributed by atoms with E-state index in [4.69, 9.17) is 23.3 Å². The Morgan fingerprint density at radius 3 is 2.28 bits per heavy atom. The number of hydrogen-bond acceptors (Lipinski definition) is 6. The van der Waals surface area contributed by atoms with Gasteiger partial charge in [0.25, 0.3) is 0 Å². The number of nitrogens with two attached hydrogens (primary N) is 1. The molecule has 11 heteroatoms. The van der Waals surface area contributed by atoms with Crippen molar-refractivity contribution in [1.29, 1.82) is 0 Å². The standard InChI is InChI=1S/C21H37N3O2S.H2O4S/c1-6-24(18-8-10-20(22)17(5)14-18)12-11-23-27(25,26)21-13-16(4)7-9-19(21)15(2)3;1-5(2,3)4/h8,10,14-16,19,21,23H,6-7,9,11-13,22H2,1-5H3;(H2,1,2,3,4). The highest BCUT2D eigenvalue weighted by atomic mass is 32.3. The molecule has 0 bridgehead atoms. The van der Waals surface area contributed by atoms with Crippen LogP contribution >= 0.6 is 0 Å². The second-order valence-corrected chi connectivity index (χ2v) is 11.8. The van der Waals surface area contributed by atoms with E-state index in [2.05, 4.69) is 43.4 Å². The average molecular weight is 494 g/mol. The van der Waals surface area contributed by atoms with Crippen molar-refractivity contribution in [2.75, 3.05) is 30.3 Å². The van der Waals surface area contributed by atoms with Gasteiger partial charge in [0.2, 0.25) is 10.0 Å². The molecule has 9 nitrogen and oxygen atoms in total. The molecule has 2 rings (SSSR count). The number of nitrogen functional groups attached to an aromatic ring is 1. The lowest BCUT2D eigenvalue weighted by Crippen LogP contribution is -2.46. The molecule has 1 fully saturated rings. The van der Waals surface area contributed by atoms with Gasteiger partial charge in [0, 0.05) is 31.0 Å². The zero-order valence-electron chi connectivity index (χ0n) is 19.7. The highest BCUT2D eigenvalue weighted by Gasteiger charge is 2.38. The molecule has 1 aliphatic rings. The van der Waals surface area contributed by atoms with Crippen LogP contribution in [0, 0.1) is 24.7 Å². The molecule has 3 unspecified atom stereocenters. The molecule has 5 N–H and O–H groups in total. The maximum Gasteiger partial charge on any atom is 0.394 e. The third-order valence-corrected chi connectivity index (χ3v) is 7.99. The molecule has 0 heterocycles. The smallest absolute Gasteiger partial charge is 0.394 e. The van der Waals surface area contributed by atoms with Crippen LogP contribution in [0.5, 0.6) is 0 Å². The zero-order chi connectivity index (χ0) is 24.7. The van der Waals surface area contributed by atoms with E-state index in [0.29, 0.717) is 24.9 Å². The first-order valence-corrected chi connectivity index (χ1v) is 13.9. The van der Waals surface area contributed by atoms with Crippen molar-refractivity contribution >= 4 is 31.8 Å². The van der Waals surface area contributed by atoms with Crippen molar-refractivity contribution in [1.82, 2.24) is 4.72 Å². The van der Waals surface area contributed by atoms with Crippen LogP contribution in [0.4, 0.5) is 11.4 Å². The lowest BCUT2D eigenvalue weighted by atomic mass is 9.77. The van der Waals surface area contributed by atoms with Gasteiger partial charge in [-0.2, -0.15) is 8.42 Å². The predicted octanol–water partition coefficient (Wildman–Crippen LogP) is 3.13. The van der Waals surface area contributed by atoms with Crippen molar-refractivity contribution in [3.05, 3.63) is 23.8 Å². The van der Waals surface area contributed by atoms with Gasteiger partial charge in [-0.05, 0) is 68.2 Å². The molecule has 0 amide bonds. The van der Waals surface area contributed by atoms with E-state index in [1.165, 1.54) is 0 Å². The Kier molecular flexibility index (Phi) is 10.9. The van der Waals surface area contributed by atoms with Gasteiger partial charge in [0.05, 0.1) is 5.25 Å². The number of benzene rings is 1. The van der Waals surface area contributed by atoms with Crippen molar-refractivity contribution in [3.63, 3.8) is 0 Å². The largest absolute Gasteiger partial charge is 0.399 e. The van der Waals surface area contributed by atoms with E-state index in [0.717, 1.165) is 42.7 Å². The summed E-state index contributed by atoms with van der Waals surface area (Å²) in [5, 5.41) is -0.268. The molecule has 1 saturated carbocycles. The lowest BCUT2D eigenvalue weighted by molar-refractivity contribution is 0.236. The lowest BCUT2D eigenvalue weighted by Gasteiger charge is -2.37. The number of nitrogens with zero attached hydrogens (tertiary/aromatic N) is 1. The predicted molar refractivity (Wildman–Crippen MR) is 130 cm³/mol. The number of sulfonamides is 1. The van der Waals surface area contributed by atoms with E-state index >= 15 is 0 Å². The molecule has 1 aromatic rings. The van der Waals surface area contributed by atoms with Gasteiger partial charge in [-0.15, -0.1) is 0 Å². The fourth-order valence-corrected chi connectivity index (χ4v) is 6.31. The Labute approximate surface area is 193 Å². The van der Waals surface area contributed by atoms with E-state index in [9.17, 15) is 8.42 Å². The minimum absolute atomic E-state index is 0.251. The summed E-state index contributed by atoms with van der Waals surface area (Å²) < 4.78 is 60.5. The van der Waals surface area contributed by atoms with Gasteiger partial charge in [-0.3, -0.25) is 9.11 Å². The second kappa shape index (κ2) is 12.2. The third-order valence-electron chi connectivity index (χ3n) is 6.05. The van der Waals surface area contributed by atoms with Crippen LogP contribution in [0.25, 0.3) is 0 Å². The summed E-state index contributed by atoms with van der Waals surface area (Å²) >= 11 is 0. The first kappa shape index (κ1) is 28.6. The highest BCUT2D eigenvalue weighted by molar-refractivity contribution is 7.90. The maximum absolute atomic E-state index is 13.0. The Bertz CT molecular complexity index is 927. The highest BCUT2D eigenvalue weighted by Crippen LogP contribution is 2.37. The number of aryl methyl sites for hydroxylation is 1. The summed E-state index contributed by atoms with van der Waals surface area (Å²) in [5.41, 5.74) is 8.81. The summed E-state index contributed by atoms with van der Waals surface area (Å²) in [5.74, 6) is 1.12. The molecule has 1 aliphatic carbocycles. The van der Waals surface area contributed by atoms with Gasteiger partial charge < -0.3 is 10.6 Å². The topological polar surface area (TPSA) is 150 Å². The van der Waals surface area contributed by atoms with Crippen LogP contribution in [0.3, 0.4) is 0 Å². The first-order valence-electron chi connectivity index (χ1n) is 10.9. The fourth-order valence-electron chi connectivity index (χ4n) is 4.23. The first-order chi connectivity index (χ1) is 14.7. The van der Waals surface area contributed by atoms with Gasteiger partial charge in [0.1, 0.15) is 0 Å². The van der Waals surface area contributed by atoms with E-state index in [1.807, 2.05) is 19.1 Å². The molecule has 0 saturated heterocycles. The van der Waals surface area contributed by atoms with Crippen LogP contribution in [0.2, 0.25) is 0 Å². The molecule has 1 aromatic carbocycles. The number of rotatable bonds is 8. The molecule has 0 radical (unpaired) electrons. The van der Waals surface area contributed by atoms with E-state index < -0.39 is 20.4 Å². The van der Waals surface area contributed by atoms with Crippen LogP contribution in [0.15, 0.2) is 18.2 Å².